The van der Waals surface area contributed by atoms with E-state index >= 15 is 0 Å². The van der Waals surface area contributed by atoms with Gasteiger partial charge in [0.1, 0.15) is 0 Å². The third-order valence-electron chi connectivity index (χ3n) is 4.88. The second kappa shape index (κ2) is 7.75. The van der Waals surface area contributed by atoms with Crippen molar-refractivity contribution in [2.45, 2.75) is 25.6 Å². The van der Waals surface area contributed by atoms with Crippen LogP contribution in [0.3, 0.4) is 0 Å². The van der Waals surface area contributed by atoms with Crippen LogP contribution in [0.1, 0.15) is 13.8 Å². The molecule has 3 rings (SSSR count). The van der Waals surface area contributed by atoms with Crippen molar-refractivity contribution in [2.75, 3.05) is 17.3 Å². The molecule has 1 atom stereocenters. The minimum atomic E-state index is -0.754. The molecule has 1 fully saturated rings. The molecule has 28 heavy (non-hydrogen) atoms. The second-order valence-electron chi connectivity index (χ2n) is 6.98. The lowest BCUT2D eigenvalue weighted by Gasteiger charge is -2.38. The summed E-state index contributed by atoms with van der Waals surface area (Å²) in [7, 11) is 1.84. The van der Waals surface area contributed by atoms with Crippen LogP contribution in [-0.2, 0) is 0 Å². The first-order valence-electron chi connectivity index (χ1n) is 8.51. The van der Waals surface area contributed by atoms with Crippen molar-refractivity contribution in [1.29, 1.82) is 0 Å². The van der Waals surface area contributed by atoms with Gasteiger partial charge in [-0.2, -0.15) is 5.06 Å². The van der Waals surface area contributed by atoms with Crippen molar-refractivity contribution < 1.29 is 10.0 Å². The van der Waals surface area contributed by atoms with Gasteiger partial charge in [0, 0.05) is 18.4 Å². The molecule has 1 saturated heterocycles. The summed E-state index contributed by atoms with van der Waals surface area (Å²) in [5.41, 5.74) is 0.532. The molecule has 0 aliphatic carbocycles. The Hall–Kier alpha value is -2.06. The van der Waals surface area contributed by atoms with Crippen molar-refractivity contribution in [1.82, 2.24) is 9.96 Å². The maximum atomic E-state index is 12.8. The number of carbonyl (C=O) groups excluding carboxylic acids is 1. The highest BCUT2D eigenvalue weighted by molar-refractivity contribution is 7.80. The number of carbonyl (C=O) groups is 1. The Balaban J connectivity index is 1.92. The largest absolute Gasteiger partial charge is 0.347 e. The molecule has 2 N–H and O–H groups in total. The van der Waals surface area contributed by atoms with Crippen LogP contribution in [0.15, 0.2) is 48.5 Å². The van der Waals surface area contributed by atoms with Crippen molar-refractivity contribution in [2.24, 2.45) is 0 Å². The molecule has 2 aromatic rings. The van der Waals surface area contributed by atoms with Crippen LogP contribution in [-0.4, -0.2) is 45.1 Å². The molecule has 0 bridgehead atoms. The van der Waals surface area contributed by atoms with E-state index in [1.54, 1.807) is 17.0 Å². The van der Waals surface area contributed by atoms with Crippen LogP contribution in [0.4, 0.5) is 16.2 Å². The van der Waals surface area contributed by atoms with Gasteiger partial charge in [-0.1, -0.05) is 41.4 Å². The fourth-order valence-corrected chi connectivity index (χ4v) is 3.86. The number of hydrogen-bond acceptors (Lipinski definition) is 3. The molecule has 1 aliphatic heterocycles. The maximum absolute atomic E-state index is 12.8. The zero-order chi connectivity index (χ0) is 20.6. The van der Waals surface area contributed by atoms with Gasteiger partial charge in [-0.15, -0.1) is 0 Å². The van der Waals surface area contributed by atoms with E-state index in [4.69, 9.17) is 35.4 Å². The van der Waals surface area contributed by atoms with E-state index in [0.29, 0.717) is 25.9 Å². The number of benzene rings is 2. The van der Waals surface area contributed by atoms with Crippen LogP contribution in [0.25, 0.3) is 0 Å². The average molecular weight is 439 g/mol. The summed E-state index contributed by atoms with van der Waals surface area (Å²) in [5.74, 6) is 0. The molecule has 0 radical (unpaired) electrons. The molecule has 0 saturated carbocycles. The van der Waals surface area contributed by atoms with Crippen molar-refractivity contribution >= 4 is 57.9 Å². The predicted octanol–water partition coefficient (Wildman–Crippen LogP) is 5.06. The Morgan fingerprint density at radius 1 is 1.18 bits per heavy atom. The number of anilines is 2. The van der Waals surface area contributed by atoms with Crippen molar-refractivity contribution in [3.05, 3.63) is 58.6 Å². The van der Waals surface area contributed by atoms with E-state index in [1.807, 2.05) is 56.1 Å². The topological polar surface area (TPSA) is 59.1 Å². The van der Waals surface area contributed by atoms with E-state index in [0.717, 1.165) is 5.69 Å². The van der Waals surface area contributed by atoms with Gasteiger partial charge in [-0.05, 0) is 56.4 Å². The lowest BCUT2D eigenvalue weighted by molar-refractivity contribution is -0.0931. The summed E-state index contributed by atoms with van der Waals surface area (Å²) in [6.45, 7) is 3.81. The van der Waals surface area contributed by atoms with E-state index in [2.05, 4.69) is 5.32 Å². The molecular formula is C19H20Cl2N4O2S. The summed E-state index contributed by atoms with van der Waals surface area (Å²) in [4.78, 5) is 16.4. The molecule has 9 heteroatoms. The number of likely N-dealkylation sites (N-methyl/N-ethyl adjacent to an activating group) is 1. The maximum Gasteiger partial charge on any atom is 0.347 e. The number of urea groups is 1. The quantitative estimate of drug-likeness (QED) is 0.398. The molecular weight excluding hydrogens is 419 g/mol. The number of hydroxylamine groups is 2. The molecule has 1 heterocycles. The normalized spacial score (nSPS) is 18.4. The lowest BCUT2D eigenvalue weighted by Crippen LogP contribution is -2.57. The number of amides is 2. The molecule has 0 spiro atoms. The Morgan fingerprint density at radius 3 is 2.43 bits per heavy atom. The Kier molecular flexibility index (Phi) is 5.72. The van der Waals surface area contributed by atoms with Crippen LogP contribution < -0.4 is 10.2 Å². The Morgan fingerprint density at radius 2 is 1.82 bits per heavy atom. The van der Waals surface area contributed by atoms with Gasteiger partial charge < -0.3 is 10.2 Å². The lowest BCUT2D eigenvalue weighted by atomic mass is 10.0. The average Bonchev–Trinajstić information content (AvgIpc) is 2.84. The minimum Gasteiger partial charge on any atom is -0.343 e. The second-order valence-corrected chi connectivity index (χ2v) is 8.16. The molecule has 1 unspecified atom stereocenters. The minimum absolute atomic E-state index is 0.303. The number of hydrogen-bond donors (Lipinski definition) is 2. The summed E-state index contributed by atoms with van der Waals surface area (Å²) in [6, 6.07) is 13.4. The van der Waals surface area contributed by atoms with Gasteiger partial charge in [0.05, 0.1) is 15.6 Å². The fourth-order valence-electron chi connectivity index (χ4n) is 3.12. The van der Waals surface area contributed by atoms with Crippen LogP contribution in [0.2, 0.25) is 10.0 Å². The first-order chi connectivity index (χ1) is 13.1. The van der Waals surface area contributed by atoms with Gasteiger partial charge in [-0.3, -0.25) is 10.1 Å². The number of thiocarbonyl (C=S) groups is 1. The summed E-state index contributed by atoms with van der Waals surface area (Å²) in [6.07, 6.45) is -0.754. The van der Waals surface area contributed by atoms with Gasteiger partial charge in [0.25, 0.3) is 0 Å². The van der Waals surface area contributed by atoms with E-state index in [-0.39, 0.29) is 0 Å². The van der Waals surface area contributed by atoms with Crippen LogP contribution >= 0.6 is 35.4 Å². The van der Waals surface area contributed by atoms with Gasteiger partial charge in [0.15, 0.2) is 11.3 Å². The van der Waals surface area contributed by atoms with Crippen molar-refractivity contribution in [3.8, 4) is 0 Å². The van der Waals surface area contributed by atoms with Crippen LogP contribution in [0.5, 0.6) is 0 Å². The highest BCUT2D eigenvalue weighted by atomic mass is 35.5. The Bertz CT molecular complexity index is 910. The smallest absolute Gasteiger partial charge is 0.343 e. The molecule has 1 aliphatic rings. The zero-order valence-corrected chi connectivity index (χ0v) is 17.9. The summed E-state index contributed by atoms with van der Waals surface area (Å²) in [5, 5.41) is 15.3. The van der Waals surface area contributed by atoms with E-state index in [1.165, 1.54) is 6.07 Å². The third kappa shape index (κ3) is 3.63. The third-order valence-corrected chi connectivity index (χ3v) is 6.09. The highest BCUT2D eigenvalue weighted by Gasteiger charge is 2.52. The fraction of sp³-hybridized carbons (Fsp3) is 0.263. The highest BCUT2D eigenvalue weighted by Crippen LogP contribution is 2.37. The first kappa shape index (κ1) is 20.7. The van der Waals surface area contributed by atoms with E-state index in [9.17, 15) is 10.0 Å². The van der Waals surface area contributed by atoms with Crippen molar-refractivity contribution in [3.63, 3.8) is 0 Å². The van der Waals surface area contributed by atoms with Crippen LogP contribution in [0, 0.1) is 0 Å². The molecule has 0 aromatic heterocycles. The van der Waals surface area contributed by atoms with Gasteiger partial charge in [-0.25, -0.2) is 4.79 Å². The van der Waals surface area contributed by atoms with Gasteiger partial charge in [0.2, 0.25) is 0 Å². The number of nitrogens with one attached hydrogen (secondary N) is 1. The SMILES string of the molecule is CN1C(=S)N(c2ccccc2)C(N(O)C(=O)Nc2ccc(Cl)c(Cl)c2)C1(C)C. The zero-order valence-electron chi connectivity index (χ0n) is 15.6. The standard InChI is InChI=1S/C19H20Cl2N4O2S/c1-19(2)16(24(18(28)23(19)3)13-7-5-4-6-8-13)25(27)17(26)22-12-9-10-14(20)15(21)11-12/h4-11,16,27H,1-3H3,(H,22,26). The molecule has 2 aromatic carbocycles. The molecule has 148 valence electrons. The predicted molar refractivity (Wildman–Crippen MR) is 116 cm³/mol. The monoisotopic (exact) mass is 438 g/mol. The van der Waals surface area contributed by atoms with E-state index < -0.39 is 17.7 Å². The first-order valence-corrected chi connectivity index (χ1v) is 9.67. The number of rotatable bonds is 3. The Labute approximate surface area is 179 Å². The molecule has 6 nitrogen and oxygen atoms in total. The summed E-state index contributed by atoms with van der Waals surface area (Å²) >= 11 is 17.5. The number of para-hydroxylation sites is 1. The summed E-state index contributed by atoms with van der Waals surface area (Å²) < 4.78 is 0. The number of nitrogens with zero attached hydrogens (tertiary/aromatic N) is 3. The van der Waals surface area contributed by atoms with Gasteiger partial charge >= 0.3 is 6.03 Å². The number of halogens is 2. The molecule has 2 amide bonds.